The van der Waals surface area contributed by atoms with E-state index in [1.807, 2.05) is 41.9 Å². The van der Waals surface area contributed by atoms with Crippen LogP contribution in [0.2, 0.25) is 0 Å². The SMILES string of the molecule is CCCCCCC/C=C\CCCCCCCCCOC[C@H](COP(=O)(O)OCC[N+](C)(C)C)OC(C)(C)C. The summed E-state index contributed by atoms with van der Waals surface area (Å²) in [6.45, 7) is 9.78. The normalized spacial score (nSPS) is 15.3. The van der Waals surface area contributed by atoms with Crippen LogP contribution in [0.3, 0.4) is 0 Å². The van der Waals surface area contributed by atoms with Crippen molar-refractivity contribution in [2.24, 2.45) is 0 Å². The Morgan fingerprint density at radius 3 is 1.82 bits per heavy atom. The minimum Gasteiger partial charge on any atom is -0.379 e. The molecule has 0 bridgehead atoms. The van der Waals surface area contributed by atoms with Gasteiger partial charge in [0.05, 0.1) is 40.0 Å². The first-order valence-electron chi connectivity index (χ1n) is 15.2. The molecule has 1 N–H and O–H groups in total. The Kier molecular flexibility index (Phi) is 22.3. The van der Waals surface area contributed by atoms with Crippen LogP contribution >= 0.6 is 7.82 Å². The van der Waals surface area contributed by atoms with E-state index < -0.39 is 19.5 Å². The van der Waals surface area contributed by atoms with E-state index in [1.165, 1.54) is 77.0 Å². The number of allylic oxidation sites excluding steroid dienone is 2. The van der Waals surface area contributed by atoms with Gasteiger partial charge in [-0.1, -0.05) is 76.9 Å². The van der Waals surface area contributed by atoms with E-state index in [2.05, 4.69) is 19.1 Å². The van der Waals surface area contributed by atoms with Crippen molar-refractivity contribution in [1.82, 2.24) is 0 Å². The van der Waals surface area contributed by atoms with Gasteiger partial charge in [0.1, 0.15) is 19.3 Å². The molecule has 8 heteroatoms. The summed E-state index contributed by atoms with van der Waals surface area (Å²) < 4.78 is 35.0. The monoisotopic (exact) mass is 564 g/mol. The van der Waals surface area contributed by atoms with E-state index in [0.717, 1.165) is 12.8 Å². The molecule has 0 saturated carbocycles. The third-order valence-corrected chi connectivity index (χ3v) is 7.05. The van der Waals surface area contributed by atoms with Crippen LogP contribution < -0.4 is 0 Å². The van der Waals surface area contributed by atoms with Gasteiger partial charge in [-0.2, -0.15) is 0 Å². The molecule has 0 rings (SSSR count). The van der Waals surface area contributed by atoms with Crippen LogP contribution in [0, 0.1) is 0 Å². The lowest BCUT2D eigenvalue weighted by atomic mass is 10.1. The van der Waals surface area contributed by atoms with Gasteiger partial charge in [-0.3, -0.25) is 9.05 Å². The van der Waals surface area contributed by atoms with Gasteiger partial charge in [0, 0.05) is 6.61 Å². The molecule has 1 unspecified atom stereocenters. The third kappa shape index (κ3) is 28.7. The molecule has 0 aromatic heterocycles. The highest BCUT2D eigenvalue weighted by Crippen LogP contribution is 2.43. The summed E-state index contributed by atoms with van der Waals surface area (Å²) in [7, 11) is 1.86. The highest BCUT2D eigenvalue weighted by atomic mass is 31.2. The number of nitrogens with zero attached hydrogens (tertiary/aromatic N) is 1. The quantitative estimate of drug-likeness (QED) is 0.0496. The van der Waals surface area contributed by atoms with E-state index in [0.29, 0.717) is 24.2 Å². The van der Waals surface area contributed by atoms with Crippen LogP contribution in [0.1, 0.15) is 118 Å². The lowest BCUT2D eigenvalue weighted by Gasteiger charge is -2.28. The number of phosphoric ester groups is 1. The van der Waals surface area contributed by atoms with E-state index in [9.17, 15) is 9.46 Å². The Hall–Kier alpha value is -0.270. The highest BCUT2D eigenvalue weighted by Gasteiger charge is 2.27. The van der Waals surface area contributed by atoms with Crippen LogP contribution in [-0.2, 0) is 23.1 Å². The second-order valence-electron chi connectivity index (χ2n) is 12.5. The van der Waals surface area contributed by atoms with Crippen LogP contribution in [-0.4, -0.2) is 75.2 Å². The number of ether oxygens (including phenoxy) is 2. The van der Waals surface area contributed by atoms with Crippen molar-refractivity contribution in [2.75, 3.05) is 54.1 Å². The maximum Gasteiger partial charge on any atom is 0.472 e. The molecule has 2 atom stereocenters. The summed E-state index contributed by atoms with van der Waals surface area (Å²) in [5, 5.41) is 0. The molecule has 0 aliphatic rings. The molecule has 0 radical (unpaired) electrons. The summed E-state index contributed by atoms with van der Waals surface area (Å²) in [4.78, 5) is 9.99. The molecular formula is C30H63NO6P+. The van der Waals surface area contributed by atoms with Crippen LogP contribution in [0.4, 0.5) is 0 Å². The van der Waals surface area contributed by atoms with Gasteiger partial charge in [0.25, 0.3) is 0 Å². The number of hydrogen-bond donors (Lipinski definition) is 1. The minimum absolute atomic E-state index is 0.0520. The molecule has 0 aromatic rings. The second kappa shape index (κ2) is 22.4. The van der Waals surface area contributed by atoms with Gasteiger partial charge in [-0.25, -0.2) is 4.57 Å². The van der Waals surface area contributed by atoms with Crippen LogP contribution in [0.5, 0.6) is 0 Å². The van der Waals surface area contributed by atoms with Crippen molar-refractivity contribution in [3.8, 4) is 0 Å². The molecule has 0 saturated heterocycles. The van der Waals surface area contributed by atoms with Gasteiger partial charge in [-0.05, 0) is 52.9 Å². The molecular weight excluding hydrogens is 501 g/mol. The van der Waals surface area contributed by atoms with Crippen molar-refractivity contribution in [3.63, 3.8) is 0 Å². The average Bonchev–Trinajstić information content (AvgIpc) is 2.80. The number of unbranched alkanes of at least 4 members (excludes halogenated alkanes) is 12. The zero-order chi connectivity index (χ0) is 28.8. The predicted molar refractivity (Wildman–Crippen MR) is 160 cm³/mol. The maximum absolute atomic E-state index is 12.2. The predicted octanol–water partition coefficient (Wildman–Crippen LogP) is 8.06. The average molecular weight is 565 g/mol. The fourth-order valence-corrected chi connectivity index (χ4v) is 4.67. The van der Waals surface area contributed by atoms with Crippen LogP contribution in [0.15, 0.2) is 12.2 Å². The Labute approximate surface area is 235 Å². The Morgan fingerprint density at radius 1 is 0.763 bits per heavy atom. The Morgan fingerprint density at radius 2 is 1.29 bits per heavy atom. The second-order valence-corrected chi connectivity index (χ2v) is 13.9. The third-order valence-electron chi connectivity index (χ3n) is 6.06. The summed E-state index contributed by atoms with van der Waals surface area (Å²) in [6, 6.07) is 0. The number of rotatable bonds is 26. The van der Waals surface area contributed by atoms with Crippen molar-refractivity contribution >= 4 is 7.82 Å². The standard InChI is InChI=1S/C30H62NO6P/c1-8-9-10-11-12-13-14-15-16-17-18-19-20-21-22-23-25-34-27-29(37-30(2,3)4)28-36-38(32,33)35-26-24-31(5,6)7/h14-15,29H,8-13,16-28H2,1-7H3/p+1/b15-14-/t29-/m1/s1. The molecule has 38 heavy (non-hydrogen) atoms. The summed E-state index contributed by atoms with van der Waals surface area (Å²) >= 11 is 0. The molecule has 0 spiro atoms. The van der Waals surface area contributed by atoms with Gasteiger partial charge in [0.15, 0.2) is 0 Å². The zero-order valence-corrected chi connectivity index (χ0v) is 26.9. The maximum atomic E-state index is 12.2. The lowest BCUT2D eigenvalue weighted by Crippen LogP contribution is -2.37. The fourth-order valence-electron chi connectivity index (χ4n) is 3.93. The first-order chi connectivity index (χ1) is 17.8. The summed E-state index contributed by atoms with van der Waals surface area (Å²) in [5.74, 6) is 0. The Bertz CT molecular complexity index is 615. The number of likely N-dealkylation sites (N-methyl/N-ethyl adjacent to an activating group) is 1. The van der Waals surface area contributed by atoms with Crippen LogP contribution in [0.25, 0.3) is 0 Å². The molecule has 0 aliphatic heterocycles. The van der Waals surface area contributed by atoms with Crippen molar-refractivity contribution in [3.05, 3.63) is 12.2 Å². The highest BCUT2D eigenvalue weighted by molar-refractivity contribution is 7.47. The molecule has 0 aliphatic carbocycles. The van der Waals surface area contributed by atoms with Gasteiger partial charge >= 0.3 is 7.82 Å². The van der Waals surface area contributed by atoms with E-state index in [1.54, 1.807) is 0 Å². The number of phosphoric acid groups is 1. The molecule has 0 amide bonds. The summed E-state index contributed by atoms with van der Waals surface area (Å²) in [6.07, 6.45) is 22.2. The van der Waals surface area contributed by atoms with E-state index >= 15 is 0 Å². The molecule has 7 nitrogen and oxygen atoms in total. The molecule has 0 fully saturated rings. The first kappa shape index (κ1) is 37.7. The number of quaternary nitrogens is 1. The zero-order valence-electron chi connectivity index (χ0n) is 26.0. The van der Waals surface area contributed by atoms with E-state index in [4.69, 9.17) is 18.5 Å². The molecule has 228 valence electrons. The molecule has 0 heterocycles. The van der Waals surface area contributed by atoms with Gasteiger partial charge in [-0.15, -0.1) is 0 Å². The van der Waals surface area contributed by atoms with Crippen molar-refractivity contribution in [1.29, 1.82) is 0 Å². The molecule has 0 aromatic carbocycles. The topological polar surface area (TPSA) is 74.2 Å². The van der Waals surface area contributed by atoms with Gasteiger partial charge < -0.3 is 18.9 Å². The largest absolute Gasteiger partial charge is 0.472 e. The lowest BCUT2D eigenvalue weighted by molar-refractivity contribution is -0.870. The Balaban J connectivity index is 3.87. The fraction of sp³-hybridized carbons (Fsp3) is 0.933. The first-order valence-corrected chi connectivity index (χ1v) is 16.7. The smallest absolute Gasteiger partial charge is 0.379 e. The van der Waals surface area contributed by atoms with Crippen molar-refractivity contribution < 1.29 is 32.5 Å². The van der Waals surface area contributed by atoms with Gasteiger partial charge in [0.2, 0.25) is 0 Å². The number of hydrogen-bond acceptors (Lipinski definition) is 5. The summed E-state index contributed by atoms with van der Waals surface area (Å²) in [5.41, 5.74) is -0.411. The minimum atomic E-state index is -4.13. The van der Waals surface area contributed by atoms with E-state index in [-0.39, 0.29) is 13.2 Å². The van der Waals surface area contributed by atoms with Crippen molar-refractivity contribution in [2.45, 2.75) is 129 Å².